The quantitative estimate of drug-likeness (QED) is 0.805. The summed E-state index contributed by atoms with van der Waals surface area (Å²) in [6.45, 7) is 8.59. The zero-order valence-corrected chi connectivity index (χ0v) is 11.4. The molecule has 2 rings (SSSR count). The summed E-state index contributed by atoms with van der Waals surface area (Å²) in [5.74, 6) is 0.228. The molecule has 0 amide bonds. The zero-order chi connectivity index (χ0) is 13.1. The monoisotopic (exact) mass is 248 g/mol. The number of nitrogens with one attached hydrogen (secondary N) is 1. The summed E-state index contributed by atoms with van der Waals surface area (Å²) < 4.78 is 5.69. The summed E-state index contributed by atoms with van der Waals surface area (Å²) >= 11 is 0. The predicted molar refractivity (Wildman–Crippen MR) is 71.1 cm³/mol. The summed E-state index contributed by atoms with van der Waals surface area (Å²) in [5, 5.41) is 0. The fourth-order valence-electron chi connectivity index (χ4n) is 2.60. The van der Waals surface area contributed by atoms with Crippen LogP contribution in [0.15, 0.2) is 24.3 Å². The molecular formula is C15H22NO2+. The SMILES string of the molecule is Cc1ccc(C(=O)C[NH+]2C[C@@H](C)O[C@H](C)C2)cc1. The number of quaternary nitrogens is 1. The van der Waals surface area contributed by atoms with E-state index in [-0.39, 0.29) is 18.0 Å². The van der Waals surface area contributed by atoms with Crippen molar-refractivity contribution in [2.45, 2.75) is 33.0 Å². The molecule has 1 aliphatic rings. The number of carbonyl (C=O) groups excluding carboxylic acids is 1. The second kappa shape index (κ2) is 5.63. The van der Waals surface area contributed by atoms with Gasteiger partial charge in [-0.2, -0.15) is 0 Å². The molecule has 3 nitrogen and oxygen atoms in total. The number of ketones is 1. The number of carbonyl (C=O) groups is 1. The van der Waals surface area contributed by atoms with Gasteiger partial charge in [0.05, 0.1) is 0 Å². The lowest BCUT2D eigenvalue weighted by Crippen LogP contribution is -3.16. The number of morpholine rings is 1. The Balaban J connectivity index is 1.96. The molecule has 1 aliphatic heterocycles. The first kappa shape index (κ1) is 13.2. The molecule has 0 radical (unpaired) electrons. The number of benzene rings is 1. The van der Waals surface area contributed by atoms with Crippen molar-refractivity contribution in [3.05, 3.63) is 35.4 Å². The van der Waals surface area contributed by atoms with Crippen LogP contribution in [0.3, 0.4) is 0 Å². The van der Waals surface area contributed by atoms with E-state index in [2.05, 4.69) is 13.8 Å². The van der Waals surface area contributed by atoms with Crippen LogP contribution in [0.1, 0.15) is 29.8 Å². The van der Waals surface area contributed by atoms with Crippen LogP contribution in [-0.2, 0) is 4.74 Å². The lowest BCUT2D eigenvalue weighted by Gasteiger charge is -2.31. The molecule has 1 saturated heterocycles. The van der Waals surface area contributed by atoms with E-state index >= 15 is 0 Å². The Kier molecular flexibility index (Phi) is 4.15. The highest BCUT2D eigenvalue weighted by Crippen LogP contribution is 2.04. The number of rotatable bonds is 3. The number of Topliss-reactive ketones (excluding diaryl/α,β-unsaturated/α-hetero) is 1. The Morgan fingerprint density at radius 1 is 1.22 bits per heavy atom. The average Bonchev–Trinajstić information content (AvgIpc) is 2.28. The number of aryl methyl sites for hydroxylation is 1. The van der Waals surface area contributed by atoms with Gasteiger partial charge in [-0.05, 0) is 20.8 Å². The van der Waals surface area contributed by atoms with Gasteiger partial charge < -0.3 is 9.64 Å². The molecule has 2 atom stereocenters. The minimum atomic E-state index is 0.228. The van der Waals surface area contributed by atoms with E-state index in [9.17, 15) is 4.79 Å². The topological polar surface area (TPSA) is 30.7 Å². The highest BCUT2D eigenvalue weighted by Gasteiger charge is 2.27. The second-order valence-corrected chi connectivity index (χ2v) is 5.38. The van der Waals surface area contributed by atoms with Crippen LogP contribution in [0.2, 0.25) is 0 Å². The Morgan fingerprint density at radius 3 is 2.33 bits per heavy atom. The molecule has 1 aromatic carbocycles. The largest absolute Gasteiger partial charge is 0.364 e. The van der Waals surface area contributed by atoms with Crippen LogP contribution in [0.25, 0.3) is 0 Å². The summed E-state index contributed by atoms with van der Waals surface area (Å²) in [7, 11) is 0. The molecule has 1 N–H and O–H groups in total. The minimum Gasteiger partial charge on any atom is -0.364 e. The number of ether oxygens (including phenoxy) is 1. The molecule has 1 aromatic rings. The summed E-state index contributed by atoms with van der Waals surface area (Å²) in [4.78, 5) is 13.5. The molecule has 0 aromatic heterocycles. The summed E-state index contributed by atoms with van der Waals surface area (Å²) in [5.41, 5.74) is 2.01. The molecule has 0 saturated carbocycles. The van der Waals surface area contributed by atoms with Crippen molar-refractivity contribution in [1.82, 2.24) is 0 Å². The van der Waals surface area contributed by atoms with Crippen molar-refractivity contribution >= 4 is 5.78 Å². The van der Waals surface area contributed by atoms with Gasteiger partial charge in [0.1, 0.15) is 31.8 Å². The predicted octanol–water partition coefficient (Wildman–Crippen LogP) is 0.870. The van der Waals surface area contributed by atoms with Crippen LogP contribution >= 0.6 is 0 Å². The van der Waals surface area contributed by atoms with Crippen molar-refractivity contribution in [3.63, 3.8) is 0 Å². The first-order chi connectivity index (χ1) is 8.54. The fraction of sp³-hybridized carbons (Fsp3) is 0.533. The first-order valence-electron chi connectivity index (χ1n) is 6.63. The van der Waals surface area contributed by atoms with Crippen LogP contribution < -0.4 is 4.90 Å². The third kappa shape index (κ3) is 3.40. The second-order valence-electron chi connectivity index (χ2n) is 5.38. The van der Waals surface area contributed by atoms with Gasteiger partial charge >= 0.3 is 0 Å². The van der Waals surface area contributed by atoms with Crippen molar-refractivity contribution in [3.8, 4) is 0 Å². The highest BCUT2D eigenvalue weighted by atomic mass is 16.5. The molecule has 3 heteroatoms. The Bertz CT molecular complexity index is 403. The van der Waals surface area contributed by atoms with Gasteiger partial charge in [0.2, 0.25) is 5.78 Å². The van der Waals surface area contributed by atoms with E-state index in [4.69, 9.17) is 4.74 Å². The van der Waals surface area contributed by atoms with Crippen molar-refractivity contribution in [2.24, 2.45) is 0 Å². The lowest BCUT2D eigenvalue weighted by molar-refractivity contribution is -0.906. The molecule has 98 valence electrons. The van der Waals surface area contributed by atoms with Gasteiger partial charge in [-0.1, -0.05) is 29.8 Å². The van der Waals surface area contributed by atoms with E-state index in [0.717, 1.165) is 18.7 Å². The van der Waals surface area contributed by atoms with E-state index in [0.29, 0.717) is 6.54 Å². The van der Waals surface area contributed by atoms with Crippen molar-refractivity contribution in [1.29, 1.82) is 0 Å². The van der Waals surface area contributed by atoms with Gasteiger partial charge in [0.25, 0.3) is 0 Å². The van der Waals surface area contributed by atoms with Crippen molar-refractivity contribution in [2.75, 3.05) is 19.6 Å². The highest BCUT2D eigenvalue weighted by molar-refractivity contribution is 5.96. The molecule has 1 fully saturated rings. The summed E-state index contributed by atoms with van der Waals surface area (Å²) in [6.07, 6.45) is 0.490. The van der Waals surface area contributed by atoms with Gasteiger partial charge in [0.15, 0.2) is 0 Å². The van der Waals surface area contributed by atoms with Crippen LogP contribution in [0.4, 0.5) is 0 Å². The molecular weight excluding hydrogens is 226 g/mol. The number of hydrogen-bond donors (Lipinski definition) is 1. The Hall–Kier alpha value is -1.19. The third-order valence-electron chi connectivity index (χ3n) is 3.40. The lowest BCUT2D eigenvalue weighted by atomic mass is 10.1. The van der Waals surface area contributed by atoms with Gasteiger partial charge in [-0.3, -0.25) is 4.79 Å². The molecule has 0 unspecified atom stereocenters. The maximum atomic E-state index is 12.2. The Labute approximate surface area is 109 Å². The third-order valence-corrected chi connectivity index (χ3v) is 3.40. The first-order valence-corrected chi connectivity index (χ1v) is 6.63. The van der Waals surface area contributed by atoms with Crippen LogP contribution in [-0.4, -0.2) is 37.6 Å². The number of hydrogen-bond acceptors (Lipinski definition) is 2. The Morgan fingerprint density at radius 2 is 1.78 bits per heavy atom. The summed E-state index contributed by atoms with van der Waals surface area (Å²) in [6, 6.07) is 7.83. The molecule has 0 bridgehead atoms. The van der Waals surface area contributed by atoms with Gasteiger partial charge in [0, 0.05) is 5.56 Å². The van der Waals surface area contributed by atoms with E-state index in [1.165, 1.54) is 10.5 Å². The maximum absolute atomic E-state index is 12.2. The van der Waals surface area contributed by atoms with Crippen molar-refractivity contribution < 1.29 is 14.4 Å². The van der Waals surface area contributed by atoms with E-state index < -0.39 is 0 Å². The molecule has 0 spiro atoms. The van der Waals surface area contributed by atoms with E-state index in [1.54, 1.807) is 0 Å². The van der Waals surface area contributed by atoms with Gasteiger partial charge in [-0.15, -0.1) is 0 Å². The average molecular weight is 248 g/mol. The molecule has 1 heterocycles. The standard InChI is InChI=1S/C15H21NO2/c1-11-4-6-14(7-5-11)15(17)10-16-8-12(2)18-13(3)9-16/h4-7,12-13H,8-10H2,1-3H3/p+1/t12-,13-/m1/s1. The smallest absolute Gasteiger partial charge is 0.216 e. The normalized spacial score (nSPS) is 28.1. The molecule has 18 heavy (non-hydrogen) atoms. The van der Waals surface area contributed by atoms with Crippen LogP contribution in [0, 0.1) is 6.92 Å². The van der Waals surface area contributed by atoms with Gasteiger partial charge in [-0.25, -0.2) is 0 Å². The maximum Gasteiger partial charge on any atom is 0.216 e. The minimum absolute atomic E-state index is 0.228. The zero-order valence-electron chi connectivity index (χ0n) is 11.4. The van der Waals surface area contributed by atoms with Crippen LogP contribution in [0.5, 0.6) is 0 Å². The fourth-order valence-corrected chi connectivity index (χ4v) is 2.60. The molecule has 0 aliphatic carbocycles. The van der Waals surface area contributed by atoms with E-state index in [1.807, 2.05) is 31.2 Å².